The van der Waals surface area contributed by atoms with Gasteiger partial charge in [0.15, 0.2) is 0 Å². The van der Waals surface area contributed by atoms with E-state index in [0.29, 0.717) is 6.42 Å². The summed E-state index contributed by atoms with van der Waals surface area (Å²) in [5.41, 5.74) is 9.99. The number of aryl methyl sites for hydroxylation is 2. The number of nitrogens with two attached hydrogens (primary N) is 1. The van der Waals surface area contributed by atoms with Gasteiger partial charge in [0.25, 0.3) is 0 Å². The standard InChI is InChI=1S/C17H19BrN2O/c1-11-8-14(9-12(2)16(11)18)20-17(21)15(19)10-13-6-4-3-5-7-13/h3-9,15H,10,19H2,1-2H3,(H,20,21)/t15-/m1/s1. The highest BCUT2D eigenvalue weighted by atomic mass is 79.9. The molecule has 0 saturated carbocycles. The third-order valence-electron chi connectivity index (χ3n) is 3.34. The van der Waals surface area contributed by atoms with Crippen LogP contribution in [0.3, 0.4) is 0 Å². The fourth-order valence-corrected chi connectivity index (χ4v) is 2.44. The number of carbonyl (C=O) groups excluding carboxylic acids is 1. The number of hydrogen-bond acceptors (Lipinski definition) is 2. The molecule has 2 rings (SSSR count). The predicted octanol–water partition coefficient (Wildman–Crippen LogP) is 3.57. The first-order valence-electron chi connectivity index (χ1n) is 6.84. The molecule has 3 nitrogen and oxygen atoms in total. The zero-order chi connectivity index (χ0) is 15.4. The smallest absolute Gasteiger partial charge is 0.241 e. The molecule has 0 unspecified atom stereocenters. The highest BCUT2D eigenvalue weighted by Crippen LogP contribution is 2.25. The van der Waals surface area contributed by atoms with Crippen LogP contribution in [0.2, 0.25) is 0 Å². The van der Waals surface area contributed by atoms with Crippen molar-refractivity contribution >= 4 is 27.5 Å². The summed E-state index contributed by atoms with van der Waals surface area (Å²) in [5.74, 6) is -0.167. The number of carbonyl (C=O) groups is 1. The van der Waals surface area contributed by atoms with Crippen LogP contribution in [-0.2, 0) is 11.2 Å². The van der Waals surface area contributed by atoms with Crippen LogP contribution in [0, 0.1) is 13.8 Å². The minimum Gasteiger partial charge on any atom is -0.325 e. The molecule has 0 bridgehead atoms. The van der Waals surface area contributed by atoms with Crippen molar-refractivity contribution in [3.8, 4) is 0 Å². The molecule has 0 radical (unpaired) electrons. The Labute approximate surface area is 133 Å². The second-order valence-electron chi connectivity index (χ2n) is 5.21. The van der Waals surface area contributed by atoms with Gasteiger partial charge in [0.05, 0.1) is 6.04 Å². The third-order valence-corrected chi connectivity index (χ3v) is 4.59. The Kier molecular flexibility index (Phi) is 5.15. The molecule has 0 aliphatic heterocycles. The van der Waals surface area contributed by atoms with Crippen LogP contribution in [0.5, 0.6) is 0 Å². The van der Waals surface area contributed by atoms with Crippen molar-refractivity contribution in [2.24, 2.45) is 5.73 Å². The van der Waals surface area contributed by atoms with Crippen LogP contribution in [-0.4, -0.2) is 11.9 Å². The van der Waals surface area contributed by atoms with Crippen molar-refractivity contribution in [3.05, 3.63) is 63.6 Å². The molecule has 1 atom stereocenters. The lowest BCUT2D eigenvalue weighted by Gasteiger charge is -2.14. The van der Waals surface area contributed by atoms with E-state index in [1.807, 2.05) is 56.3 Å². The van der Waals surface area contributed by atoms with E-state index < -0.39 is 6.04 Å². The first-order valence-corrected chi connectivity index (χ1v) is 7.64. The second kappa shape index (κ2) is 6.87. The Morgan fingerprint density at radius 1 is 1.19 bits per heavy atom. The van der Waals surface area contributed by atoms with Gasteiger partial charge in [0.2, 0.25) is 5.91 Å². The molecule has 0 spiro atoms. The number of hydrogen-bond donors (Lipinski definition) is 2. The van der Waals surface area contributed by atoms with Gasteiger partial charge in [-0.3, -0.25) is 4.79 Å². The average Bonchev–Trinajstić information content (AvgIpc) is 2.45. The van der Waals surface area contributed by atoms with E-state index in [1.165, 1.54) is 0 Å². The molecule has 3 N–H and O–H groups in total. The Morgan fingerprint density at radius 2 is 1.76 bits per heavy atom. The third kappa shape index (κ3) is 4.16. The SMILES string of the molecule is Cc1cc(NC(=O)[C@H](N)Cc2ccccc2)cc(C)c1Br. The van der Waals surface area contributed by atoms with Crippen molar-refractivity contribution in [1.82, 2.24) is 0 Å². The maximum absolute atomic E-state index is 12.2. The lowest BCUT2D eigenvalue weighted by molar-refractivity contribution is -0.117. The topological polar surface area (TPSA) is 55.1 Å². The number of nitrogens with one attached hydrogen (secondary N) is 1. The van der Waals surface area contributed by atoms with Crippen LogP contribution in [0.15, 0.2) is 46.9 Å². The van der Waals surface area contributed by atoms with Crippen LogP contribution in [0.1, 0.15) is 16.7 Å². The first kappa shape index (κ1) is 15.7. The molecular formula is C17H19BrN2O. The maximum atomic E-state index is 12.2. The number of halogens is 1. The summed E-state index contributed by atoms with van der Waals surface area (Å²) in [6, 6.07) is 13.1. The van der Waals surface area contributed by atoms with Crippen LogP contribution < -0.4 is 11.1 Å². The van der Waals surface area contributed by atoms with E-state index in [1.54, 1.807) is 0 Å². The summed E-state index contributed by atoms with van der Waals surface area (Å²) in [6.07, 6.45) is 0.529. The lowest BCUT2D eigenvalue weighted by atomic mass is 10.1. The van der Waals surface area contributed by atoms with Crippen molar-refractivity contribution in [2.45, 2.75) is 26.3 Å². The Morgan fingerprint density at radius 3 is 2.33 bits per heavy atom. The molecule has 0 aromatic heterocycles. The molecule has 110 valence electrons. The maximum Gasteiger partial charge on any atom is 0.241 e. The van der Waals surface area contributed by atoms with Crippen LogP contribution in [0.25, 0.3) is 0 Å². The number of amides is 1. The van der Waals surface area contributed by atoms with E-state index in [0.717, 1.165) is 26.9 Å². The molecule has 0 saturated heterocycles. The first-order chi connectivity index (χ1) is 9.97. The summed E-state index contributed by atoms with van der Waals surface area (Å²) in [5, 5.41) is 2.89. The fraction of sp³-hybridized carbons (Fsp3) is 0.235. The van der Waals surface area contributed by atoms with Crippen molar-refractivity contribution in [2.75, 3.05) is 5.32 Å². The van der Waals surface area contributed by atoms with Crippen molar-refractivity contribution in [3.63, 3.8) is 0 Å². The van der Waals surface area contributed by atoms with E-state index in [2.05, 4.69) is 21.2 Å². The van der Waals surface area contributed by atoms with Gasteiger partial charge in [-0.2, -0.15) is 0 Å². The fourth-order valence-electron chi connectivity index (χ4n) is 2.21. The van der Waals surface area contributed by atoms with Gasteiger partial charge in [-0.05, 0) is 49.1 Å². The summed E-state index contributed by atoms with van der Waals surface area (Å²) < 4.78 is 1.06. The molecule has 4 heteroatoms. The van der Waals surface area contributed by atoms with E-state index in [4.69, 9.17) is 5.73 Å². The number of rotatable bonds is 4. The number of anilines is 1. The Hall–Kier alpha value is -1.65. The Balaban J connectivity index is 2.04. The summed E-state index contributed by atoms with van der Waals surface area (Å²) >= 11 is 3.52. The monoisotopic (exact) mass is 346 g/mol. The predicted molar refractivity (Wildman–Crippen MR) is 90.4 cm³/mol. The van der Waals surface area contributed by atoms with Gasteiger partial charge in [0, 0.05) is 10.2 Å². The van der Waals surface area contributed by atoms with Crippen LogP contribution in [0.4, 0.5) is 5.69 Å². The minimum atomic E-state index is -0.559. The van der Waals surface area contributed by atoms with Gasteiger partial charge in [-0.1, -0.05) is 46.3 Å². The Bertz CT molecular complexity index is 617. The second-order valence-corrected chi connectivity index (χ2v) is 6.00. The average molecular weight is 347 g/mol. The highest BCUT2D eigenvalue weighted by Gasteiger charge is 2.15. The molecular weight excluding hydrogens is 328 g/mol. The normalized spacial score (nSPS) is 12.0. The quantitative estimate of drug-likeness (QED) is 0.888. The molecule has 0 aliphatic rings. The lowest BCUT2D eigenvalue weighted by Crippen LogP contribution is -2.37. The molecule has 0 fully saturated rings. The molecule has 0 heterocycles. The largest absolute Gasteiger partial charge is 0.325 e. The minimum absolute atomic E-state index is 0.167. The van der Waals surface area contributed by atoms with Gasteiger partial charge >= 0.3 is 0 Å². The van der Waals surface area contributed by atoms with Crippen molar-refractivity contribution < 1.29 is 4.79 Å². The molecule has 2 aromatic rings. The van der Waals surface area contributed by atoms with Crippen LogP contribution >= 0.6 is 15.9 Å². The molecule has 21 heavy (non-hydrogen) atoms. The summed E-state index contributed by atoms with van der Waals surface area (Å²) in [7, 11) is 0. The molecule has 1 amide bonds. The zero-order valence-corrected chi connectivity index (χ0v) is 13.8. The molecule has 0 aliphatic carbocycles. The zero-order valence-electron chi connectivity index (χ0n) is 12.2. The van der Waals surface area contributed by atoms with E-state index >= 15 is 0 Å². The van der Waals surface area contributed by atoms with Gasteiger partial charge in [0.1, 0.15) is 0 Å². The summed E-state index contributed by atoms with van der Waals surface area (Å²) in [4.78, 5) is 12.2. The van der Waals surface area contributed by atoms with Gasteiger partial charge in [-0.15, -0.1) is 0 Å². The van der Waals surface area contributed by atoms with E-state index in [9.17, 15) is 4.79 Å². The van der Waals surface area contributed by atoms with Gasteiger partial charge in [-0.25, -0.2) is 0 Å². The van der Waals surface area contributed by atoms with Gasteiger partial charge < -0.3 is 11.1 Å². The van der Waals surface area contributed by atoms with Crippen molar-refractivity contribution in [1.29, 1.82) is 0 Å². The molecule has 2 aromatic carbocycles. The highest BCUT2D eigenvalue weighted by molar-refractivity contribution is 9.10. The van der Waals surface area contributed by atoms with E-state index in [-0.39, 0.29) is 5.91 Å². The summed E-state index contributed by atoms with van der Waals surface area (Å²) in [6.45, 7) is 3.99. The number of benzene rings is 2.